The molecule has 0 saturated carbocycles. The van der Waals surface area contributed by atoms with E-state index in [4.69, 9.17) is 4.42 Å². The van der Waals surface area contributed by atoms with Crippen LogP contribution in [-0.4, -0.2) is 10.9 Å². The van der Waals surface area contributed by atoms with Crippen LogP contribution in [0.1, 0.15) is 27.7 Å². The Hall–Kier alpha value is -1.62. The molecular weight excluding hydrogens is 296 g/mol. The van der Waals surface area contributed by atoms with Gasteiger partial charge in [-0.25, -0.2) is 4.98 Å². The van der Waals surface area contributed by atoms with Crippen molar-refractivity contribution in [2.75, 3.05) is 5.32 Å². The molecule has 4 nitrogen and oxygen atoms in total. The molecule has 1 heterocycles. The number of anilines is 1. The molecule has 2 aromatic rings. The quantitative estimate of drug-likeness (QED) is 0.922. The second kappa shape index (κ2) is 4.94. The van der Waals surface area contributed by atoms with Crippen LogP contribution in [0.5, 0.6) is 0 Å². The van der Waals surface area contributed by atoms with Crippen LogP contribution in [0, 0.1) is 20.8 Å². The summed E-state index contributed by atoms with van der Waals surface area (Å²) in [6.45, 7) is 5.42. The number of nitrogens with zero attached hydrogens (tertiary/aromatic N) is 1. The number of aryl methyl sites for hydroxylation is 3. The van der Waals surface area contributed by atoms with Crippen LogP contribution in [-0.2, 0) is 0 Å². The monoisotopic (exact) mass is 308 g/mol. The summed E-state index contributed by atoms with van der Waals surface area (Å²) < 4.78 is 6.15. The van der Waals surface area contributed by atoms with Crippen LogP contribution in [0.2, 0.25) is 0 Å². The molecule has 0 bridgehead atoms. The number of aromatic nitrogens is 1. The van der Waals surface area contributed by atoms with Gasteiger partial charge in [0.25, 0.3) is 5.91 Å². The number of halogens is 1. The molecule has 1 aromatic carbocycles. The molecule has 0 aliphatic heterocycles. The summed E-state index contributed by atoms with van der Waals surface area (Å²) in [6, 6.07) is 5.67. The summed E-state index contributed by atoms with van der Waals surface area (Å²) in [7, 11) is 0. The van der Waals surface area contributed by atoms with Gasteiger partial charge in [-0.1, -0.05) is 12.1 Å². The van der Waals surface area contributed by atoms with E-state index < -0.39 is 0 Å². The molecule has 1 aromatic heterocycles. The van der Waals surface area contributed by atoms with Crippen LogP contribution in [0.15, 0.2) is 27.1 Å². The first-order chi connectivity index (χ1) is 8.49. The minimum Gasteiger partial charge on any atom is -0.436 e. The van der Waals surface area contributed by atoms with Crippen LogP contribution in [0.25, 0.3) is 0 Å². The van der Waals surface area contributed by atoms with Crippen molar-refractivity contribution in [2.24, 2.45) is 0 Å². The fraction of sp³-hybridized carbons (Fsp3) is 0.231. The zero-order valence-corrected chi connectivity index (χ0v) is 12.0. The Bertz CT molecular complexity index is 605. The summed E-state index contributed by atoms with van der Waals surface area (Å²) in [6.07, 6.45) is 0. The first kappa shape index (κ1) is 12.8. The third-order valence-electron chi connectivity index (χ3n) is 2.55. The lowest BCUT2D eigenvalue weighted by atomic mass is 10.2. The Balaban J connectivity index is 2.27. The van der Waals surface area contributed by atoms with Crippen molar-refractivity contribution in [1.82, 2.24) is 4.98 Å². The average Bonchev–Trinajstić information content (AvgIpc) is 2.64. The molecule has 0 spiro atoms. The van der Waals surface area contributed by atoms with Crippen molar-refractivity contribution < 1.29 is 9.21 Å². The SMILES string of the molecule is Cc1nc(C)c(C(=O)Nc2cccc(C)c2Br)o1. The molecule has 0 unspecified atom stereocenters. The molecule has 0 saturated heterocycles. The largest absolute Gasteiger partial charge is 0.436 e. The van der Waals surface area contributed by atoms with Crippen molar-refractivity contribution >= 4 is 27.5 Å². The summed E-state index contributed by atoms with van der Waals surface area (Å²) in [5, 5.41) is 2.80. The number of oxazole rings is 1. The maximum atomic E-state index is 12.0. The minimum absolute atomic E-state index is 0.251. The molecule has 1 amide bonds. The molecule has 0 radical (unpaired) electrons. The van der Waals surface area contributed by atoms with E-state index in [-0.39, 0.29) is 11.7 Å². The smallest absolute Gasteiger partial charge is 0.293 e. The second-order valence-corrected chi connectivity index (χ2v) is 4.83. The third kappa shape index (κ3) is 2.46. The fourth-order valence-electron chi connectivity index (χ4n) is 1.67. The highest BCUT2D eigenvalue weighted by atomic mass is 79.9. The summed E-state index contributed by atoms with van der Waals surface area (Å²) in [5.74, 6) is 0.446. The predicted octanol–water partition coefficient (Wildman–Crippen LogP) is 3.61. The van der Waals surface area contributed by atoms with Gasteiger partial charge in [0.15, 0.2) is 5.89 Å². The molecule has 0 fully saturated rings. The van der Waals surface area contributed by atoms with Crippen LogP contribution < -0.4 is 5.32 Å². The average molecular weight is 309 g/mol. The Labute approximate surface area is 114 Å². The third-order valence-corrected chi connectivity index (χ3v) is 3.60. The van der Waals surface area contributed by atoms with E-state index in [1.165, 1.54) is 0 Å². The van der Waals surface area contributed by atoms with Gasteiger partial charge in [0.2, 0.25) is 5.76 Å². The minimum atomic E-state index is -0.292. The number of rotatable bonds is 2. The number of benzene rings is 1. The number of amides is 1. The van der Waals surface area contributed by atoms with E-state index in [0.717, 1.165) is 10.0 Å². The molecule has 18 heavy (non-hydrogen) atoms. The first-order valence-corrected chi connectivity index (χ1v) is 6.29. The molecule has 0 aliphatic carbocycles. The topological polar surface area (TPSA) is 55.1 Å². The molecule has 1 N–H and O–H groups in total. The normalized spacial score (nSPS) is 10.4. The Morgan fingerprint density at radius 3 is 2.67 bits per heavy atom. The summed E-state index contributed by atoms with van der Waals surface area (Å²) >= 11 is 3.44. The van der Waals surface area contributed by atoms with Gasteiger partial charge in [-0.15, -0.1) is 0 Å². The first-order valence-electron chi connectivity index (χ1n) is 5.49. The van der Waals surface area contributed by atoms with E-state index in [1.54, 1.807) is 13.8 Å². The van der Waals surface area contributed by atoms with E-state index in [1.807, 2.05) is 25.1 Å². The van der Waals surface area contributed by atoms with Gasteiger partial charge in [-0.3, -0.25) is 4.79 Å². The summed E-state index contributed by atoms with van der Waals surface area (Å²) in [5.41, 5.74) is 2.36. The lowest BCUT2D eigenvalue weighted by Gasteiger charge is -2.07. The van der Waals surface area contributed by atoms with Gasteiger partial charge in [0.05, 0.1) is 11.4 Å². The number of hydrogen-bond acceptors (Lipinski definition) is 3. The van der Waals surface area contributed by atoms with E-state index in [2.05, 4.69) is 26.2 Å². The van der Waals surface area contributed by atoms with Crippen molar-refractivity contribution in [3.05, 3.63) is 45.6 Å². The standard InChI is InChI=1S/C13H13BrN2O2/c1-7-5-4-6-10(11(7)14)16-13(17)12-8(2)15-9(3)18-12/h4-6H,1-3H3,(H,16,17). The van der Waals surface area contributed by atoms with Crippen LogP contribution in [0.4, 0.5) is 5.69 Å². The van der Waals surface area contributed by atoms with E-state index in [9.17, 15) is 4.79 Å². The van der Waals surface area contributed by atoms with Crippen LogP contribution >= 0.6 is 15.9 Å². The highest BCUT2D eigenvalue weighted by molar-refractivity contribution is 9.10. The van der Waals surface area contributed by atoms with Crippen molar-refractivity contribution in [3.63, 3.8) is 0 Å². The lowest BCUT2D eigenvalue weighted by molar-refractivity contribution is 0.0994. The van der Waals surface area contributed by atoms with Crippen molar-refractivity contribution in [3.8, 4) is 0 Å². The number of hydrogen-bond donors (Lipinski definition) is 1. The molecule has 0 aliphatic rings. The maximum Gasteiger partial charge on any atom is 0.293 e. The molecule has 0 atom stereocenters. The second-order valence-electron chi connectivity index (χ2n) is 4.04. The Morgan fingerprint density at radius 2 is 2.06 bits per heavy atom. The fourth-order valence-corrected chi connectivity index (χ4v) is 2.03. The van der Waals surface area contributed by atoms with Gasteiger partial charge in [-0.05, 0) is 41.4 Å². The van der Waals surface area contributed by atoms with E-state index in [0.29, 0.717) is 17.3 Å². The highest BCUT2D eigenvalue weighted by Gasteiger charge is 2.17. The van der Waals surface area contributed by atoms with E-state index >= 15 is 0 Å². The number of carbonyl (C=O) groups excluding carboxylic acids is 1. The van der Waals surface area contributed by atoms with Crippen LogP contribution in [0.3, 0.4) is 0 Å². The van der Waals surface area contributed by atoms with Gasteiger partial charge < -0.3 is 9.73 Å². The molecule has 94 valence electrons. The molecule has 2 rings (SSSR count). The predicted molar refractivity (Wildman–Crippen MR) is 72.8 cm³/mol. The Morgan fingerprint density at radius 1 is 1.33 bits per heavy atom. The lowest BCUT2D eigenvalue weighted by Crippen LogP contribution is -2.12. The van der Waals surface area contributed by atoms with Crippen molar-refractivity contribution in [1.29, 1.82) is 0 Å². The van der Waals surface area contributed by atoms with Gasteiger partial charge in [0.1, 0.15) is 0 Å². The zero-order valence-electron chi connectivity index (χ0n) is 10.4. The van der Waals surface area contributed by atoms with Crippen molar-refractivity contribution in [2.45, 2.75) is 20.8 Å². The Kier molecular flexibility index (Phi) is 3.52. The van der Waals surface area contributed by atoms with Gasteiger partial charge >= 0.3 is 0 Å². The summed E-state index contributed by atoms with van der Waals surface area (Å²) in [4.78, 5) is 16.1. The maximum absolute atomic E-state index is 12.0. The molecular formula is C13H13BrN2O2. The zero-order chi connectivity index (χ0) is 13.3. The number of nitrogens with one attached hydrogen (secondary N) is 1. The molecule has 5 heteroatoms. The number of carbonyl (C=O) groups is 1. The highest BCUT2D eigenvalue weighted by Crippen LogP contribution is 2.26. The van der Waals surface area contributed by atoms with Gasteiger partial charge in [0, 0.05) is 11.4 Å². The van der Waals surface area contributed by atoms with Gasteiger partial charge in [-0.2, -0.15) is 0 Å².